The Hall–Kier alpha value is -0.540. The molecule has 0 amide bonds. The van der Waals surface area contributed by atoms with Crippen LogP contribution in [0.3, 0.4) is 0 Å². The van der Waals surface area contributed by atoms with Crippen molar-refractivity contribution in [2.75, 3.05) is 19.5 Å². The largest absolute Gasteiger partial charge is 0.299 e. The number of alkyl halides is 1. The normalized spacial score (nSPS) is 13.4. The molecule has 1 aromatic rings. The third-order valence-corrected chi connectivity index (χ3v) is 2.77. The van der Waals surface area contributed by atoms with Crippen LogP contribution in [0.1, 0.15) is 32.0 Å². The first-order valence-electron chi connectivity index (χ1n) is 5.46. The summed E-state index contributed by atoms with van der Waals surface area (Å²) in [7, 11) is 2.06. The van der Waals surface area contributed by atoms with Gasteiger partial charge in [0.25, 0.3) is 0 Å². The van der Waals surface area contributed by atoms with Crippen molar-refractivity contribution >= 4 is 11.6 Å². The molecule has 0 aliphatic heterocycles. The lowest BCUT2D eigenvalue weighted by Gasteiger charge is -2.13. The van der Waals surface area contributed by atoms with E-state index in [0.717, 1.165) is 25.2 Å². The Bertz CT molecular complexity index is 285. The Kier molecular flexibility index (Phi) is 5.12. The number of hydrogen-bond donors (Lipinski definition) is 0. The SMILES string of the molecule is CCC(C)n1ccc(CN(C)CCCl)n1. The van der Waals surface area contributed by atoms with E-state index in [2.05, 4.69) is 43.2 Å². The average Bonchev–Trinajstić information content (AvgIpc) is 2.65. The maximum Gasteiger partial charge on any atom is 0.0764 e. The second-order valence-corrected chi connectivity index (χ2v) is 4.35. The van der Waals surface area contributed by atoms with E-state index in [1.165, 1.54) is 0 Å². The number of aromatic nitrogens is 2. The van der Waals surface area contributed by atoms with Gasteiger partial charge in [-0.25, -0.2) is 0 Å². The molecular weight excluding hydrogens is 210 g/mol. The third-order valence-electron chi connectivity index (χ3n) is 2.60. The van der Waals surface area contributed by atoms with Gasteiger partial charge in [-0.2, -0.15) is 5.10 Å². The van der Waals surface area contributed by atoms with E-state index in [1.807, 2.05) is 4.68 Å². The Balaban J connectivity index is 2.52. The number of rotatable bonds is 6. The first-order valence-corrected chi connectivity index (χ1v) is 5.99. The van der Waals surface area contributed by atoms with E-state index < -0.39 is 0 Å². The van der Waals surface area contributed by atoms with Crippen molar-refractivity contribution in [1.82, 2.24) is 14.7 Å². The monoisotopic (exact) mass is 229 g/mol. The van der Waals surface area contributed by atoms with Crippen molar-refractivity contribution < 1.29 is 0 Å². The number of nitrogens with zero attached hydrogens (tertiary/aromatic N) is 3. The summed E-state index contributed by atoms with van der Waals surface area (Å²) < 4.78 is 2.03. The maximum absolute atomic E-state index is 5.67. The molecule has 0 radical (unpaired) electrons. The zero-order valence-electron chi connectivity index (χ0n) is 9.78. The minimum Gasteiger partial charge on any atom is -0.299 e. The van der Waals surface area contributed by atoms with Crippen LogP contribution in [0.15, 0.2) is 12.3 Å². The Labute approximate surface area is 97.0 Å². The highest BCUT2D eigenvalue weighted by molar-refractivity contribution is 6.18. The number of hydrogen-bond acceptors (Lipinski definition) is 2. The van der Waals surface area contributed by atoms with Gasteiger partial charge in [0.05, 0.1) is 5.69 Å². The van der Waals surface area contributed by atoms with Crippen LogP contribution in [0.5, 0.6) is 0 Å². The van der Waals surface area contributed by atoms with E-state index in [4.69, 9.17) is 11.6 Å². The molecule has 0 aromatic carbocycles. The smallest absolute Gasteiger partial charge is 0.0764 e. The Morgan fingerprint density at radius 1 is 1.60 bits per heavy atom. The van der Waals surface area contributed by atoms with Gasteiger partial charge in [0.1, 0.15) is 0 Å². The molecule has 1 atom stereocenters. The molecular formula is C11H20ClN3. The summed E-state index contributed by atoms with van der Waals surface area (Å²) in [6.45, 7) is 6.12. The van der Waals surface area contributed by atoms with Gasteiger partial charge in [0.2, 0.25) is 0 Å². The summed E-state index contributed by atoms with van der Waals surface area (Å²) in [5.41, 5.74) is 1.11. The molecule has 1 aromatic heterocycles. The van der Waals surface area contributed by atoms with E-state index in [9.17, 15) is 0 Å². The van der Waals surface area contributed by atoms with E-state index in [1.54, 1.807) is 0 Å². The molecule has 0 N–H and O–H groups in total. The van der Waals surface area contributed by atoms with Gasteiger partial charge in [-0.05, 0) is 26.5 Å². The van der Waals surface area contributed by atoms with Gasteiger partial charge in [0, 0.05) is 31.2 Å². The van der Waals surface area contributed by atoms with Crippen molar-refractivity contribution in [1.29, 1.82) is 0 Å². The summed E-state index contributed by atoms with van der Waals surface area (Å²) in [5.74, 6) is 0.669. The van der Waals surface area contributed by atoms with Crippen LogP contribution in [0.4, 0.5) is 0 Å². The van der Waals surface area contributed by atoms with Crippen molar-refractivity contribution in [2.24, 2.45) is 0 Å². The lowest BCUT2D eigenvalue weighted by atomic mass is 10.3. The van der Waals surface area contributed by atoms with Gasteiger partial charge in [0.15, 0.2) is 0 Å². The van der Waals surface area contributed by atoms with Crippen LogP contribution in [-0.4, -0.2) is 34.2 Å². The molecule has 1 unspecified atom stereocenters. The quantitative estimate of drug-likeness (QED) is 0.699. The first kappa shape index (κ1) is 12.5. The molecule has 4 heteroatoms. The standard InChI is InChI=1S/C11H20ClN3/c1-4-10(2)15-7-5-11(13-15)9-14(3)8-6-12/h5,7,10H,4,6,8-9H2,1-3H3. The molecule has 1 rings (SSSR count). The molecule has 86 valence electrons. The van der Waals surface area contributed by atoms with Crippen LogP contribution in [0.2, 0.25) is 0 Å². The van der Waals surface area contributed by atoms with Gasteiger partial charge in [-0.15, -0.1) is 11.6 Å². The topological polar surface area (TPSA) is 21.1 Å². The number of halogens is 1. The summed E-state index contributed by atoms with van der Waals surface area (Å²) in [6.07, 6.45) is 3.16. The molecule has 0 saturated heterocycles. The van der Waals surface area contributed by atoms with Gasteiger partial charge in [-0.3, -0.25) is 9.58 Å². The highest BCUT2D eigenvalue weighted by Gasteiger charge is 2.06. The zero-order valence-corrected chi connectivity index (χ0v) is 10.5. The highest BCUT2D eigenvalue weighted by Crippen LogP contribution is 2.09. The molecule has 0 fully saturated rings. The Morgan fingerprint density at radius 2 is 2.33 bits per heavy atom. The second kappa shape index (κ2) is 6.13. The maximum atomic E-state index is 5.67. The van der Waals surface area contributed by atoms with Gasteiger partial charge < -0.3 is 0 Å². The van der Waals surface area contributed by atoms with Crippen molar-refractivity contribution in [3.05, 3.63) is 18.0 Å². The minimum absolute atomic E-state index is 0.483. The van der Waals surface area contributed by atoms with E-state index in [0.29, 0.717) is 11.9 Å². The molecule has 0 spiro atoms. The fourth-order valence-corrected chi connectivity index (χ4v) is 1.68. The fourth-order valence-electron chi connectivity index (χ4n) is 1.39. The second-order valence-electron chi connectivity index (χ2n) is 3.97. The molecule has 0 aliphatic rings. The fraction of sp³-hybridized carbons (Fsp3) is 0.727. The van der Waals surface area contributed by atoms with Crippen molar-refractivity contribution in [2.45, 2.75) is 32.9 Å². The molecule has 0 saturated carbocycles. The van der Waals surface area contributed by atoms with E-state index >= 15 is 0 Å². The van der Waals surface area contributed by atoms with Crippen LogP contribution >= 0.6 is 11.6 Å². The lowest BCUT2D eigenvalue weighted by Crippen LogP contribution is -2.20. The summed E-state index contributed by atoms with van der Waals surface area (Å²) in [4.78, 5) is 2.18. The minimum atomic E-state index is 0.483. The van der Waals surface area contributed by atoms with Crippen LogP contribution in [0, 0.1) is 0 Å². The molecule has 0 bridgehead atoms. The Morgan fingerprint density at radius 3 is 2.93 bits per heavy atom. The van der Waals surface area contributed by atoms with Crippen LogP contribution in [-0.2, 0) is 6.54 Å². The first-order chi connectivity index (χ1) is 7.17. The highest BCUT2D eigenvalue weighted by atomic mass is 35.5. The van der Waals surface area contributed by atoms with Crippen LogP contribution in [0.25, 0.3) is 0 Å². The van der Waals surface area contributed by atoms with Gasteiger partial charge >= 0.3 is 0 Å². The summed E-state index contributed by atoms with van der Waals surface area (Å²) in [6, 6.07) is 2.56. The predicted octanol–water partition coefficient (Wildman–Crippen LogP) is 2.52. The predicted molar refractivity (Wildman–Crippen MR) is 64.3 cm³/mol. The molecule has 0 aliphatic carbocycles. The van der Waals surface area contributed by atoms with Crippen LogP contribution < -0.4 is 0 Å². The molecule has 3 nitrogen and oxygen atoms in total. The lowest BCUT2D eigenvalue weighted by molar-refractivity contribution is 0.339. The molecule has 1 heterocycles. The van der Waals surface area contributed by atoms with Gasteiger partial charge in [-0.1, -0.05) is 6.92 Å². The average molecular weight is 230 g/mol. The van der Waals surface area contributed by atoms with Crippen molar-refractivity contribution in [3.63, 3.8) is 0 Å². The van der Waals surface area contributed by atoms with E-state index in [-0.39, 0.29) is 0 Å². The summed E-state index contributed by atoms with van der Waals surface area (Å²) >= 11 is 5.67. The summed E-state index contributed by atoms with van der Waals surface area (Å²) in [5, 5.41) is 4.54. The molecule has 15 heavy (non-hydrogen) atoms. The van der Waals surface area contributed by atoms with Crippen molar-refractivity contribution in [3.8, 4) is 0 Å². The zero-order chi connectivity index (χ0) is 11.3. The third kappa shape index (κ3) is 3.84.